The first-order chi connectivity index (χ1) is 11.5. The number of nitrogens with zero attached hydrogens (tertiary/aromatic N) is 3. The molecule has 1 saturated heterocycles. The Labute approximate surface area is 145 Å². The first kappa shape index (κ1) is 16.7. The third-order valence-electron chi connectivity index (χ3n) is 3.89. The lowest BCUT2D eigenvalue weighted by Gasteiger charge is -2.27. The molecule has 0 spiro atoms. The van der Waals surface area contributed by atoms with Gasteiger partial charge >= 0.3 is 0 Å². The van der Waals surface area contributed by atoms with Gasteiger partial charge in [-0.2, -0.15) is 0 Å². The Morgan fingerprint density at radius 1 is 1.21 bits per heavy atom. The summed E-state index contributed by atoms with van der Waals surface area (Å²) in [6, 6.07) is 7.26. The molecule has 1 aromatic carbocycles. The number of hydrogen-bond acceptors (Lipinski definition) is 5. The summed E-state index contributed by atoms with van der Waals surface area (Å²) in [7, 11) is 0. The maximum atomic E-state index is 12.4. The predicted octanol–water partition coefficient (Wildman–Crippen LogP) is 2.84. The summed E-state index contributed by atoms with van der Waals surface area (Å²) in [5.41, 5.74) is 2.81. The largest absolute Gasteiger partial charge is 0.378 e. The minimum absolute atomic E-state index is 0.253. The second kappa shape index (κ2) is 7.15. The van der Waals surface area contributed by atoms with E-state index in [1.165, 1.54) is 0 Å². The number of carbonyl (C=O) groups is 1. The molecule has 1 N–H and O–H groups in total. The van der Waals surface area contributed by atoms with Gasteiger partial charge in [-0.15, -0.1) is 10.2 Å². The van der Waals surface area contributed by atoms with Crippen molar-refractivity contribution in [3.05, 3.63) is 46.1 Å². The number of aryl methyl sites for hydroxylation is 2. The van der Waals surface area contributed by atoms with Crippen LogP contribution < -0.4 is 10.2 Å². The molecule has 2 heterocycles. The Hall–Kier alpha value is -2.18. The predicted molar refractivity (Wildman–Crippen MR) is 93.9 cm³/mol. The number of amides is 1. The van der Waals surface area contributed by atoms with Gasteiger partial charge in [0.2, 0.25) is 0 Å². The SMILES string of the molecule is Cc1cc(C)c(NC(=O)c2ccc(N3CCOCC3)nn2)c(Cl)c1. The molecule has 24 heavy (non-hydrogen) atoms. The zero-order valence-corrected chi connectivity index (χ0v) is 14.4. The van der Waals surface area contributed by atoms with E-state index in [9.17, 15) is 4.79 Å². The highest BCUT2D eigenvalue weighted by Crippen LogP contribution is 2.27. The summed E-state index contributed by atoms with van der Waals surface area (Å²) in [5.74, 6) is 0.421. The molecule has 1 amide bonds. The van der Waals surface area contributed by atoms with Gasteiger partial charge in [-0.3, -0.25) is 4.79 Å². The standard InChI is InChI=1S/C17H19ClN4O2/c1-11-9-12(2)16(13(18)10-11)19-17(23)14-3-4-15(21-20-14)22-5-7-24-8-6-22/h3-4,9-10H,5-8H2,1-2H3,(H,19,23). The Morgan fingerprint density at radius 2 is 1.96 bits per heavy atom. The summed E-state index contributed by atoms with van der Waals surface area (Å²) in [6.07, 6.45) is 0. The van der Waals surface area contributed by atoms with E-state index >= 15 is 0 Å². The molecule has 126 valence electrons. The van der Waals surface area contributed by atoms with Gasteiger partial charge in [-0.25, -0.2) is 0 Å². The van der Waals surface area contributed by atoms with Crippen LogP contribution in [0.3, 0.4) is 0 Å². The molecular weight excluding hydrogens is 328 g/mol. The molecule has 1 fully saturated rings. The maximum Gasteiger partial charge on any atom is 0.276 e. The molecule has 0 aliphatic carbocycles. The van der Waals surface area contributed by atoms with Crippen LogP contribution >= 0.6 is 11.6 Å². The van der Waals surface area contributed by atoms with Crippen molar-refractivity contribution in [2.75, 3.05) is 36.5 Å². The van der Waals surface area contributed by atoms with Crippen molar-refractivity contribution in [3.8, 4) is 0 Å². The van der Waals surface area contributed by atoms with Crippen molar-refractivity contribution in [2.45, 2.75) is 13.8 Å². The fraction of sp³-hybridized carbons (Fsp3) is 0.353. The zero-order chi connectivity index (χ0) is 17.1. The van der Waals surface area contributed by atoms with Gasteiger partial charge in [-0.05, 0) is 43.2 Å². The van der Waals surface area contributed by atoms with Gasteiger partial charge < -0.3 is 15.0 Å². The normalized spacial score (nSPS) is 14.5. The van der Waals surface area contributed by atoms with Crippen LogP contribution in [-0.2, 0) is 4.74 Å². The fourth-order valence-corrected chi connectivity index (χ4v) is 3.03. The Morgan fingerprint density at radius 3 is 2.58 bits per heavy atom. The van der Waals surface area contributed by atoms with E-state index in [4.69, 9.17) is 16.3 Å². The molecule has 1 aliphatic rings. The molecule has 0 radical (unpaired) electrons. The third kappa shape index (κ3) is 3.66. The van der Waals surface area contributed by atoms with Crippen LogP contribution in [0.4, 0.5) is 11.5 Å². The summed E-state index contributed by atoms with van der Waals surface area (Å²) < 4.78 is 5.31. The van der Waals surface area contributed by atoms with Crippen LogP contribution in [0, 0.1) is 13.8 Å². The van der Waals surface area contributed by atoms with Gasteiger partial charge in [0.25, 0.3) is 5.91 Å². The minimum Gasteiger partial charge on any atom is -0.378 e. The van der Waals surface area contributed by atoms with Crippen molar-refractivity contribution in [1.29, 1.82) is 0 Å². The minimum atomic E-state index is -0.329. The van der Waals surface area contributed by atoms with Crippen LogP contribution in [0.25, 0.3) is 0 Å². The van der Waals surface area contributed by atoms with Crippen LogP contribution in [-0.4, -0.2) is 42.4 Å². The van der Waals surface area contributed by atoms with Crippen LogP contribution in [0.15, 0.2) is 24.3 Å². The molecule has 0 unspecified atom stereocenters. The molecule has 3 rings (SSSR count). The number of nitrogens with one attached hydrogen (secondary N) is 1. The van der Waals surface area contributed by atoms with E-state index in [2.05, 4.69) is 20.4 Å². The van der Waals surface area contributed by atoms with Crippen molar-refractivity contribution < 1.29 is 9.53 Å². The third-order valence-corrected chi connectivity index (χ3v) is 4.19. The first-order valence-electron chi connectivity index (χ1n) is 7.79. The molecular formula is C17H19ClN4O2. The van der Waals surface area contributed by atoms with E-state index in [1.54, 1.807) is 12.1 Å². The van der Waals surface area contributed by atoms with Gasteiger partial charge in [0.15, 0.2) is 11.5 Å². The van der Waals surface area contributed by atoms with Crippen LogP contribution in [0.5, 0.6) is 0 Å². The number of halogens is 1. The first-order valence-corrected chi connectivity index (χ1v) is 8.17. The number of ether oxygens (including phenoxy) is 1. The van der Waals surface area contributed by atoms with Gasteiger partial charge in [0.1, 0.15) is 0 Å². The van der Waals surface area contributed by atoms with Crippen molar-refractivity contribution in [1.82, 2.24) is 10.2 Å². The molecule has 0 bridgehead atoms. The Kier molecular flexibility index (Phi) is 4.97. The molecule has 2 aromatic rings. The maximum absolute atomic E-state index is 12.4. The molecule has 6 nitrogen and oxygen atoms in total. The van der Waals surface area contributed by atoms with E-state index in [1.807, 2.05) is 26.0 Å². The lowest BCUT2D eigenvalue weighted by molar-refractivity contribution is 0.102. The number of hydrogen-bond donors (Lipinski definition) is 1. The second-order valence-electron chi connectivity index (χ2n) is 5.77. The summed E-state index contributed by atoms with van der Waals surface area (Å²) in [5, 5.41) is 11.5. The lowest BCUT2D eigenvalue weighted by atomic mass is 10.1. The molecule has 1 aromatic heterocycles. The van der Waals surface area contributed by atoms with E-state index < -0.39 is 0 Å². The molecule has 1 aliphatic heterocycles. The number of aromatic nitrogens is 2. The van der Waals surface area contributed by atoms with Crippen LogP contribution in [0.1, 0.15) is 21.6 Å². The number of rotatable bonds is 3. The Bertz CT molecular complexity index is 720. The highest BCUT2D eigenvalue weighted by Gasteiger charge is 2.16. The van der Waals surface area contributed by atoms with Gasteiger partial charge in [0, 0.05) is 13.1 Å². The average Bonchev–Trinajstić information content (AvgIpc) is 2.59. The summed E-state index contributed by atoms with van der Waals surface area (Å²) >= 11 is 6.22. The summed E-state index contributed by atoms with van der Waals surface area (Å²) in [4.78, 5) is 14.5. The lowest BCUT2D eigenvalue weighted by Crippen LogP contribution is -2.37. The van der Waals surface area contributed by atoms with Crippen molar-refractivity contribution in [2.24, 2.45) is 0 Å². The summed E-state index contributed by atoms with van der Waals surface area (Å²) in [6.45, 7) is 6.77. The van der Waals surface area contributed by atoms with Gasteiger partial charge in [-0.1, -0.05) is 17.7 Å². The molecule has 0 saturated carbocycles. The topological polar surface area (TPSA) is 67.4 Å². The fourth-order valence-electron chi connectivity index (χ4n) is 2.66. The van der Waals surface area contributed by atoms with Crippen molar-refractivity contribution >= 4 is 29.0 Å². The highest BCUT2D eigenvalue weighted by molar-refractivity contribution is 6.34. The number of carbonyl (C=O) groups excluding carboxylic acids is 1. The average molecular weight is 347 g/mol. The Balaban J connectivity index is 1.73. The van der Waals surface area contributed by atoms with E-state index in [-0.39, 0.29) is 11.6 Å². The second-order valence-corrected chi connectivity index (χ2v) is 6.18. The molecule has 7 heteroatoms. The van der Waals surface area contributed by atoms with Gasteiger partial charge in [0.05, 0.1) is 23.9 Å². The monoisotopic (exact) mass is 346 g/mol. The van der Waals surface area contributed by atoms with E-state index in [0.29, 0.717) is 23.9 Å². The molecule has 0 atom stereocenters. The number of benzene rings is 1. The van der Waals surface area contributed by atoms with Crippen LogP contribution in [0.2, 0.25) is 5.02 Å². The number of morpholine rings is 1. The van der Waals surface area contributed by atoms with E-state index in [0.717, 1.165) is 30.0 Å². The zero-order valence-electron chi connectivity index (χ0n) is 13.7. The van der Waals surface area contributed by atoms with Crippen molar-refractivity contribution in [3.63, 3.8) is 0 Å². The quantitative estimate of drug-likeness (QED) is 0.925. The highest BCUT2D eigenvalue weighted by atomic mass is 35.5. The smallest absolute Gasteiger partial charge is 0.276 e. The number of anilines is 2.